The highest BCUT2D eigenvalue weighted by molar-refractivity contribution is 6.15. The summed E-state index contributed by atoms with van der Waals surface area (Å²) in [5.41, 5.74) is 5.19. The Hall–Kier alpha value is -3.52. The van der Waals surface area contributed by atoms with Crippen molar-refractivity contribution >= 4 is 28.2 Å². The monoisotopic (exact) mass is 417 g/mol. The van der Waals surface area contributed by atoms with Gasteiger partial charge in [-0.15, -0.1) is 0 Å². The van der Waals surface area contributed by atoms with Gasteiger partial charge >= 0.3 is 0 Å². The predicted molar refractivity (Wildman–Crippen MR) is 118 cm³/mol. The molecule has 0 radical (unpaired) electrons. The van der Waals surface area contributed by atoms with E-state index in [0.29, 0.717) is 19.0 Å². The Morgan fingerprint density at radius 2 is 2.10 bits per heavy atom. The highest BCUT2D eigenvalue weighted by Crippen LogP contribution is 2.20. The maximum Gasteiger partial charge on any atom is 0.258 e. The van der Waals surface area contributed by atoms with Gasteiger partial charge in [0.2, 0.25) is 0 Å². The van der Waals surface area contributed by atoms with Crippen LogP contribution in [0.15, 0.2) is 58.9 Å². The van der Waals surface area contributed by atoms with Crippen molar-refractivity contribution in [2.24, 2.45) is 10.2 Å². The second kappa shape index (κ2) is 8.69. The van der Waals surface area contributed by atoms with Crippen molar-refractivity contribution in [1.82, 2.24) is 15.5 Å². The molecule has 5 rings (SSSR count). The van der Waals surface area contributed by atoms with Crippen molar-refractivity contribution in [3.8, 4) is 5.75 Å². The molecule has 1 unspecified atom stereocenters. The second-order valence-electron chi connectivity index (χ2n) is 7.80. The number of hydrogen-bond donors (Lipinski definition) is 2. The number of aromatic nitrogens is 2. The van der Waals surface area contributed by atoms with Crippen LogP contribution in [0, 0.1) is 0 Å². The molecule has 1 aromatic heterocycles. The quantitative estimate of drug-likeness (QED) is 0.617. The van der Waals surface area contributed by atoms with Crippen LogP contribution in [0.4, 0.5) is 0 Å². The van der Waals surface area contributed by atoms with E-state index in [-0.39, 0.29) is 18.6 Å². The van der Waals surface area contributed by atoms with Crippen molar-refractivity contribution in [3.63, 3.8) is 0 Å². The van der Waals surface area contributed by atoms with E-state index in [1.807, 2.05) is 36.5 Å². The Labute approximate surface area is 179 Å². The fraction of sp³-hybridized carbons (Fsp3) is 0.304. The third kappa shape index (κ3) is 4.64. The summed E-state index contributed by atoms with van der Waals surface area (Å²) in [5.74, 6) is 0.515. The average Bonchev–Trinajstić information content (AvgIpc) is 3.55. The van der Waals surface area contributed by atoms with Crippen LogP contribution >= 0.6 is 0 Å². The predicted octanol–water partition coefficient (Wildman–Crippen LogP) is 2.64. The number of carbonyl (C=O) groups excluding carboxylic acids is 1. The number of rotatable bonds is 7. The summed E-state index contributed by atoms with van der Waals surface area (Å²) >= 11 is 0. The lowest BCUT2D eigenvalue weighted by Crippen LogP contribution is -2.38. The molecule has 2 aromatic carbocycles. The molecule has 158 valence electrons. The minimum atomic E-state index is -0.133. The minimum absolute atomic E-state index is 0.00887. The van der Waals surface area contributed by atoms with Crippen LogP contribution in [0.25, 0.3) is 10.9 Å². The van der Waals surface area contributed by atoms with Crippen molar-refractivity contribution in [1.29, 1.82) is 0 Å². The van der Waals surface area contributed by atoms with Crippen LogP contribution in [0.2, 0.25) is 0 Å². The summed E-state index contributed by atoms with van der Waals surface area (Å²) in [4.78, 5) is 12.0. The van der Waals surface area contributed by atoms with E-state index in [9.17, 15) is 4.79 Å². The fourth-order valence-electron chi connectivity index (χ4n) is 3.80. The van der Waals surface area contributed by atoms with Gasteiger partial charge in [0.05, 0.1) is 35.8 Å². The maximum absolute atomic E-state index is 12.0. The standard InChI is InChI=1S/C23H23N5O3/c29-23(25-18-7-8-30-13-18)14-31-20-4-2-16(3-5-20)22-11-19(26-28-22)10-15-1-6-21-17(9-15)12-24-27-21/h1-6,9,12,18H,7-8,10-11,13-14H2,(H,24,27)(H,25,29). The van der Waals surface area contributed by atoms with Gasteiger partial charge < -0.3 is 14.8 Å². The molecule has 2 aliphatic heterocycles. The first-order chi connectivity index (χ1) is 15.2. The molecule has 0 aliphatic carbocycles. The number of fused-ring (bicyclic) bond motifs is 1. The molecule has 1 fully saturated rings. The summed E-state index contributed by atoms with van der Waals surface area (Å²) in [6.45, 7) is 1.26. The average molecular weight is 417 g/mol. The number of ether oxygens (including phenoxy) is 2. The Balaban J connectivity index is 1.12. The van der Waals surface area contributed by atoms with E-state index in [2.05, 4.69) is 37.8 Å². The van der Waals surface area contributed by atoms with E-state index >= 15 is 0 Å². The third-order valence-electron chi connectivity index (χ3n) is 5.45. The van der Waals surface area contributed by atoms with Crippen molar-refractivity contribution in [2.75, 3.05) is 19.8 Å². The topological polar surface area (TPSA) is 101 Å². The number of benzene rings is 2. The molecule has 8 nitrogen and oxygen atoms in total. The minimum Gasteiger partial charge on any atom is -0.484 e. The van der Waals surface area contributed by atoms with Crippen LogP contribution in [-0.2, 0) is 16.0 Å². The summed E-state index contributed by atoms with van der Waals surface area (Å²) in [7, 11) is 0. The van der Waals surface area contributed by atoms with Gasteiger partial charge in [-0.2, -0.15) is 15.3 Å². The lowest BCUT2D eigenvalue weighted by Gasteiger charge is -2.11. The van der Waals surface area contributed by atoms with E-state index in [1.165, 1.54) is 5.56 Å². The number of hydrogen-bond acceptors (Lipinski definition) is 6. The molecule has 1 saturated heterocycles. The molecule has 0 bridgehead atoms. The maximum atomic E-state index is 12.0. The number of H-pyrrole nitrogens is 1. The molecule has 1 atom stereocenters. The summed E-state index contributed by atoms with van der Waals surface area (Å²) in [6.07, 6.45) is 4.16. The summed E-state index contributed by atoms with van der Waals surface area (Å²) in [5, 5.41) is 19.8. The second-order valence-corrected chi connectivity index (χ2v) is 7.80. The van der Waals surface area contributed by atoms with Gasteiger partial charge in [-0.3, -0.25) is 9.89 Å². The summed E-state index contributed by atoms with van der Waals surface area (Å²) in [6, 6.07) is 14.0. The molecule has 0 spiro atoms. The van der Waals surface area contributed by atoms with Crippen LogP contribution in [-0.4, -0.2) is 53.4 Å². The van der Waals surface area contributed by atoms with Gasteiger partial charge in [-0.25, -0.2) is 0 Å². The highest BCUT2D eigenvalue weighted by atomic mass is 16.5. The first-order valence-electron chi connectivity index (χ1n) is 10.4. The first-order valence-corrected chi connectivity index (χ1v) is 10.4. The normalized spacial score (nSPS) is 18.1. The van der Waals surface area contributed by atoms with E-state index in [4.69, 9.17) is 9.47 Å². The molecule has 1 amide bonds. The fourth-order valence-corrected chi connectivity index (χ4v) is 3.80. The molecule has 0 saturated carbocycles. The van der Waals surface area contributed by atoms with Crippen LogP contribution < -0.4 is 10.1 Å². The molecule has 3 heterocycles. The summed E-state index contributed by atoms with van der Waals surface area (Å²) < 4.78 is 10.9. The highest BCUT2D eigenvalue weighted by Gasteiger charge is 2.18. The smallest absolute Gasteiger partial charge is 0.258 e. The van der Waals surface area contributed by atoms with Crippen LogP contribution in [0.3, 0.4) is 0 Å². The largest absolute Gasteiger partial charge is 0.484 e. The zero-order chi connectivity index (χ0) is 21.0. The van der Waals surface area contributed by atoms with Crippen molar-refractivity contribution < 1.29 is 14.3 Å². The van der Waals surface area contributed by atoms with Crippen molar-refractivity contribution in [3.05, 3.63) is 59.8 Å². The molecule has 2 aliphatic rings. The number of aromatic amines is 1. The van der Waals surface area contributed by atoms with Gasteiger partial charge in [0, 0.05) is 24.8 Å². The molecular weight excluding hydrogens is 394 g/mol. The van der Waals surface area contributed by atoms with Crippen LogP contribution in [0.1, 0.15) is 24.0 Å². The number of carbonyl (C=O) groups is 1. The molecule has 31 heavy (non-hydrogen) atoms. The van der Waals surface area contributed by atoms with Gasteiger partial charge in [-0.05, 0) is 53.9 Å². The van der Waals surface area contributed by atoms with E-state index in [0.717, 1.165) is 47.2 Å². The van der Waals surface area contributed by atoms with Gasteiger partial charge in [0.25, 0.3) is 5.91 Å². The molecular formula is C23H23N5O3. The first kappa shape index (κ1) is 19.4. The number of amides is 1. The lowest BCUT2D eigenvalue weighted by atomic mass is 10.0. The van der Waals surface area contributed by atoms with Gasteiger partial charge in [-0.1, -0.05) is 6.07 Å². The number of nitrogens with zero attached hydrogens (tertiary/aromatic N) is 3. The third-order valence-corrected chi connectivity index (χ3v) is 5.45. The van der Waals surface area contributed by atoms with Gasteiger partial charge in [0.1, 0.15) is 5.75 Å². The molecule has 8 heteroatoms. The zero-order valence-electron chi connectivity index (χ0n) is 17.0. The Bertz CT molecular complexity index is 1140. The number of nitrogens with one attached hydrogen (secondary N) is 2. The molecule has 2 N–H and O–H groups in total. The Morgan fingerprint density at radius 3 is 2.94 bits per heavy atom. The SMILES string of the molecule is O=C(COc1ccc(C2=NN=C(Cc3ccc4[nH]ncc4c3)C2)cc1)NC1CCOC1. The van der Waals surface area contributed by atoms with Crippen molar-refractivity contribution in [2.45, 2.75) is 25.3 Å². The van der Waals surface area contributed by atoms with E-state index < -0.39 is 0 Å². The van der Waals surface area contributed by atoms with Gasteiger partial charge in [0.15, 0.2) is 6.61 Å². The Morgan fingerprint density at radius 1 is 1.19 bits per heavy atom. The Kier molecular flexibility index (Phi) is 5.45. The van der Waals surface area contributed by atoms with E-state index in [1.54, 1.807) is 0 Å². The molecule has 3 aromatic rings. The van der Waals surface area contributed by atoms with Crippen LogP contribution in [0.5, 0.6) is 5.75 Å². The lowest BCUT2D eigenvalue weighted by molar-refractivity contribution is -0.123. The zero-order valence-corrected chi connectivity index (χ0v) is 17.0.